The molecule has 84 valence electrons. The minimum atomic E-state index is 0.00325. The van der Waals surface area contributed by atoms with E-state index in [-0.39, 0.29) is 5.60 Å². The van der Waals surface area contributed by atoms with Gasteiger partial charge in [-0.3, -0.25) is 4.90 Å². The summed E-state index contributed by atoms with van der Waals surface area (Å²) in [6.07, 6.45) is 3.79. The lowest BCUT2D eigenvalue weighted by molar-refractivity contribution is -0.0540. The number of likely N-dealkylation sites (tertiary alicyclic amines) is 1. The van der Waals surface area contributed by atoms with E-state index in [2.05, 4.69) is 38.9 Å². The third kappa shape index (κ3) is 3.79. The monoisotopic (exact) mass is 217 g/mol. The van der Waals surface area contributed by atoms with Crippen molar-refractivity contribution < 1.29 is 4.74 Å². The molecule has 0 aromatic heterocycles. The molecule has 1 fully saturated rings. The highest BCUT2D eigenvalue weighted by molar-refractivity contribution is 7.99. The molecule has 0 aromatic rings. The average molecular weight is 217 g/mol. The minimum Gasteiger partial charge on any atom is -0.371 e. The Morgan fingerprint density at radius 1 is 1.43 bits per heavy atom. The molecule has 14 heavy (non-hydrogen) atoms. The Balaban J connectivity index is 2.34. The highest BCUT2D eigenvalue weighted by Gasteiger charge is 2.29. The lowest BCUT2D eigenvalue weighted by Crippen LogP contribution is -2.32. The number of hydrogen-bond donors (Lipinski definition) is 0. The summed E-state index contributed by atoms with van der Waals surface area (Å²) in [7, 11) is 0. The summed E-state index contributed by atoms with van der Waals surface area (Å²) in [5, 5.41) is 0.628. The van der Waals surface area contributed by atoms with Crippen LogP contribution >= 0.6 is 11.8 Å². The second-order valence-electron chi connectivity index (χ2n) is 4.97. The first kappa shape index (κ1) is 12.3. The number of rotatable bonds is 3. The number of thioether (sulfide) groups is 1. The Morgan fingerprint density at radius 3 is 2.57 bits per heavy atom. The van der Waals surface area contributed by atoms with Crippen molar-refractivity contribution in [1.82, 2.24) is 4.90 Å². The van der Waals surface area contributed by atoms with Gasteiger partial charge in [-0.05, 0) is 40.4 Å². The fraction of sp³-hybridized carbons (Fsp3) is 1.00. The van der Waals surface area contributed by atoms with Gasteiger partial charge < -0.3 is 4.74 Å². The minimum absolute atomic E-state index is 0.00325. The Labute approximate surface area is 92.4 Å². The molecule has 0 radical (unpaired) electrons. The largest absolute Gasteiger partial charge is 0.371 e. The van der Waals surface area contributed by atoms with Crippen LogP contribution in [0.5, 0.6) is 0 Å². The van der Waals surface area contributed by atoms with Crippen LogP contribution in [0.15, 0.2) is 0 Å². The fourth-order valence-corrected chi connectivity index (χ4v) is 2.32. The topological polar surface area (TPSA) is 12.5 Å². The first-order valence-electron chi connectivity index (χ1n) is 5.37. The van der Waals surface area contributed by atoms with Crippen LogP contribution in [0.2, 0.25) is 0 Å². The van der Waals surface area contributed by atoms with Crippen molar-refractivity contribution in [2.75, 3.05) is 19.3 Å². The second-order valence-corrected chi connectivity index (χ2v) is 6.12. The molecule has 1 aliphatic heterocycles. The SMILES string of the molecule is CSC(C)N1CC[C@H](OC(C)(C)C)C1. The maximum absolute atomic E-state index is 5.97. The smallest absolute Gasteiger partial charge is 0.0721 e. The maximum Gasteiger partial charge on any atom is 0.0721 e. The van der Waals surface area contributed by atoms with E-state index in [4.69, 9.17) is 4.74 Å². The molecular weight excluding hydrogens is 194 g/mol. The van der Waals surface area contributed by atoms with Gasteiger partial charge >= 0.3 is 0 Å². The molecule has 1 aliphatic rings. The van der Waals surface area contributed by atoms with Gasteiger partial charge in [-0.15, -0.1) is 11.8 Å². The van der Waals surface area contributed by atoms with Crippen LogP contribution in [0.4, 0.5) is 0 Å². The van der Waals surface area contributed by atoms with Gasteiger partial charge in [-0.1, -0.05) is 0 Å². The zero-order chi connectivity index (χ0) is 10.8. The van der Waals surface area contributed by atoms with Crippen LogP contribution in [0.1, 0.15) is 34.1 Å². The van der Waals surface area contributed by atoms with E-state index in [0.29, 0.717) is 11.5 Å². The normalized spacial score (nSPS) is 26.8. The zero-order valence-corrected chi connectivity index (χ0v) is 10.9. The van der Waals surface area contributed by atoms with Gasteiger partial charge in [0.1, 0.15) is 0 Å². The van der Waals surface area contributed by atoms with Crippen LogP contribution in [0.25, 0.3) is 0 Å². The standard InChI is InChI=1S/C11H23NOS/c1-9(14-5)12-7-6-10(8-12)13-11(2,3)4/h9-10H,6-8H2,1-5H3/t9?,10-/m0/s1. The van der Waals surface area contributed by atoms with Gasteiger partial charge in [0.25, 0.3) is 0 Å². The number of nitrogens with zero attached hydrogens (tertiary/aromatic N) is 1. The van der Waals surface area contributed by atoms with Crippen LogP contribution < -0.4 is 0 Å². The summed E-state index contributed by atoms with van der Waals surface area (Å²) in [6.45, 7) is 10.9. The van der Waals surface area contributed by atoms with Crippen LogP contribution in [-0.4, -0.2) is 41.3 Å². The Morgan fingerprint density at radius 2 is 2.07 bits per heavy atom. The number of hydrogen-bond acceptors (Lipinski definition) is 3. The quantitative estimate of drug-likeness (QED) is 0.721. The molecule has 0 saturated carbocycles. The molecule has 0 spiro atoms. The van der Waals surface area contributed by atoms with Crippen LogP contribution in [0, 0.1) is 0 Å². The van der Waals surface area contributed by atoms with Gasteiger partial charge in [0.2, 0.25) is 0 Å². The molecule has 2 atom stereocenters. The maximum atomic E-state index is 5.97. The predicted octanol–water partition coefficient (Wildman–Crippen LogP) is 2.58. The van der Waals surface area contributed by atoms with Crippen molar-refractivity contribution in [2.45, 2.75) is 51.2 Å². The van der Waals surface area contributed by atoms with Gasteiger partial charge in [-0.25, -0.2) is 0 Å². The van der Waals surface area contributed by atoms with E-state index >= 15 is 0 Å². The predicted molar refractivity (Wildman–Crippen MR) is 63.8 cm³/mol. The average Bonchev–Trinajstić information content (AvgIpc) is 2.48. The van der Waals surface area contributed by atoms with E-state index in [1.165, 1.54) is 13.0 Å². The summed E-state index contributed by atoms with van der Waals surface area (Å²) >= 11 is 1.91. The van der Waals surface area contributed by atoms with Crippen molar-refractivity contribution in [3.05, 3.63) is 0 Å². The summed E-state index contributed by atoms with van der Waals surface area (Å²) in [5.74, 6) is 0. The molecule has 3 heteroatoms. The molecule has 0 N–H and O–H groups in total. The van der Waals surface area contributed by atoms with Crippen molar-refractivity contribution in [1.29, 1.82) is 0 Å². The molecule has 1 rings (SSSR count). The molecule has 0 bridgehead atoms. The van der Waals surface area contributed by atoms with Gasteiger partial charge in [0, 0.05) is 13.1 Å². The third-order valence-corrected chi connectivity index (χ3v) is 3.53. The highest BCUT2D eigenvalue weighted by Crippen LogP contribution is 2.23. The molecular formula is C11H23NOS. The molecule has 0 aliphatic carbocycles. The van der Waals surface area contributed by atoms with E-state index in [1.54, 1.807) is 0 Å². The first-order chi connectivity index (χ1) is 6.42. The lowest BCUT2D eigenvalue weighted by Gasteiger charge is -2.26. The molecule has 2 nitrogen and oxygen atoms in total. The fourth-order valence-electron chi connectivity index (χ4n) is 1.83. The van der Waals surface area contributed by atoms with Crippen molar-refractivity contribution in [3.63, 3.8) is 0 Å². The van der Waals surface area contributed by atoms with Gasteiger partial charge in [0.15, 0.2) is 0 Å². The number of ether oxygens (including phenoxy) is 1. The first-order valence-corrected chi connectivity index (χ1v) is 6.66. The molecule has 1 unspecified atom stereocenters. The third-order valence-electron chi connectivity index (χ3n) is 2.55. The zero-order valence-electron chi connectivity index (χ0n) is 10.0. The van der Waals surface area contributed by atoms with E-state index in [0.717, 1.165) is 6.54 Å². The van der Waals surface area contributed by atoms with Gasteiger partial charge in [0.05, 0.1) is 17.1 Å². The second kappa shape index (κ2) is 4.86. The molecule has 1 heterocycles. The Kier molecular flexibility index (Phi) is 4.29. The Bertz CT molecular complexity index is 179. The summed E-state index contributed by atoms with van der Waals surface area (Å²) in [4.78, 5) is 2.50. The lowest BCUT2D eigenvalue weighted by atomic mass is 10.2. The van der Waals surface area contributed by atoms with Gasteiger partial charge in [-0.2, -0.15) is 0 Å². The van der Waals surface area contributed by atoms with Crippen LogP contribution in [0.3, 0.4) is 0 Å². The summed E-state index contributed by atoms with van der Waals surface area (Å²) < 4.78 is 5.97. The van der Waals surface area contributed by atoms with E-state index in [9.17, 15) is 0 Å². The summed E-state index contributed by atoms with van der Waals surface area (Å²) in [5.41, 5.74) is 0.00325. The molecule has 1 saturated heterocycles. The van der Waals surface area contributed by atoms with Crippen molar-refractivity contribution in [3.8, 4) is 0 Å². The molecule has 0 amide bonds. The highest BCUT2D eigenvalue weighted by atomic mass is 32.2. The Hall–Kier alpha value is 0.270. The van der Waals surface area contributed by atoms with Crippen molar-refractivity contribution in [2.24, 2.45) is 0 Å². The van der Waals surface area contributed by atoms with Crippen molar-refractivity contribution >= 4 is 11.8 Å². The van der Waals surface area contributed by atoms with E-state index < -0.39 is 0 Å². The molecule has 0 aromatic carbocycles. The summed E-state index contributed by atoms with van der Waals surface area (Å²) in [6, 6.07) is 0. The van der Waals surface area contributed by atoms with Crippen LogP contribution in [-0.2, 0) is 4.74 Å². The van der Waals surface area contributed by atoms with E-state index in [1.807, 2.05) is 11.8 Å².